The lowest BCUT2D eigenvalue weighted by atomic mass is 10.1. The monoisotopic (exact) mass is 425 g/mol. The van der Waals surface area contributed by atoms with E-state index in [0.29, 0.717) is 25.4 Å². The molecular formula is C22H24FN5O3. The average molecular weight is 425 g/mol. The summed E-state index contributed by atoms with van der Waals surface area (Å²) in [7, 11) is 0. The van der Waals surface area contributed by atoms with E-state index in [9.17, 15) is 14.0 Å². The molecule has 0 bridgehead atoms. The fraction of sp³-hybridized carbons (Fsp3) is 0.364. The molecule has 3 heterocycles. The number of halogens is 1. The van der Waals surface area contributed by atoms with Crippen molar-refractivity contribution in [3.8, 4) is 0 Å². The summed E-state index contributed by atoms with van der Waals surface area (Å²) in [5, 5.41) is 5.80. The van der Waals surface area contributed by atoms with Gasteiger partial charge in [0.05, 0.1) is 11.8 Å². The summed E-state index contributed by atoms with van der Waals surface area (Å²) in [6.07, 6.45) is 5.28. The number of hydrazone groups is 1. The third kappa shape index (κ3) is 4.88. The minimum Gasteiger partial charge on any atom is -0.376 e. The minimum absolute atomic E-state index is 0.0391. The van der Waals surface area contributed by atoms with Crippen molar-refractivity contribution in [3.63, 3.8) is 0 Å². The van der Waals surface area contributed by atoms with Gasteiger partial charge < -0.3 is 15.4 Å². The molecule has 9 heteroatoms. The van der Waals surface area contributed by atoms with Crippen molar-refractivity contribution in [1.29, 1.82) is 0 Å². The van der Waals surface area contributed by atoms with Crippen molar-refractivity contribution in [2.24, 2.45) is 10.8 Å². The predicted octanol–water partition coefficient (Wildman–Crippen LogP) is 1.85. The van der Waals surface area contributed by atoms with Gasteiger partial charge in [-0.25, -0.2) is 4.39 Å². The second-order valence-corrected chi connectivity index (χ2v) is 7.67. The number of aromatic nitrogens is 1. The Morgan fingerprint density at radius 3 is 2.71 bits per heavy atom. The molecule has 4 rings (SSSR count). The number of benzene rings is 1. The Balaban J connectivity index is 1.59. The number of rotatable bonds is 7. The molecule has 1 saturated heterocycles. The number of pyridine rings is 1. The Kier molecular flexibility index (Phi) is 6.22. The zero-order valence-corrected chi connectivity index (χ0v) is 17.0. The van der Waals surface area contributed by atoms with E-state index in [4.69, 9.17) is 10.5 Å². The van der Waals surface area contributed by atoms with E-state index < -0.39 is 17.8 Å². The van der Waals surface area contributed by atoms with Crippen LogP contribution in [0.1, 0.15) is 24.8 Å². The van der Waals surface area contributed by atoms with Gasteiger partial charge in [-0.3, -0.25) is 19.6 Å². The molecule has 1 aromatic carbocycles. The highest BCUT2D eigenvalue weighted by atomic mass is 19.1. The van der Waals surface area contributed by atoms with Gasteiger partial charge in [-0.15, -0.1) is 0 Å². The molecule has 2 aliphatic rings. The first-order chi connectivity index (χ1) is 15.0. The van der Waals surface area contributed by atoms with Crippen molar-refractivity contribution < 1.29 is 18.7 Å². The maximum absolute atomic E-state index is 13.4. The Morgan fingerprint density at radius 2 is 2.06 bits per heavy atom. The van der Waals surface area contributed by atoms with Crippen LogP contribution in [0, 0.1) is 5.82 Å². The van der Waals surface area contributed by atoms with Crippen molar-refractivity contribution in [2.45, 2.75) is 38.0 Å². The second-order valence-electron chi connectivity index (χ2n) is 7.67. The van der Waals surface area contributed by atoms with E-state index in [1.54, 1.807) is 17.3 Å². The fourth-order valence-electron chi connectivity index (χ4n) is 3.84. The van der Waals surface area contributed by atoms with Crippen LogP contribution in [0.2, 0.25) is 0 Å². The van der Waals surface area contributed by atoms with E-state index in [1.807, 2.05) is 12.1 Å². The van der Waals surface area contributed by atoms with Gasteiger partial charge in [-0.05, 0) is 48.7 Å². The summed E-state index contributed by atoms with van der Waals surface area (Å²) in [6.45, 7) is 1.45. The van der Waals surface area contributed by atoms with Gasteiger partial charge in [0, 0.05) is 38.5 Å². The SMILES string of the molecule is NC(=O)C1CC(C(=O)N(Cc2cccnc2)CC2CCCO2)=NN1c1ccc(F)cc1. The summed E-state index contributed by atoms with van der Waals surface area (Å²) in [5.74, 6) is -1.29. The van der Waals surface area contributed by atoms with E-state index >= 15 is 0 Å². The Labute approximate surface area is 179 Å². The van der Waals surface area contributed by atoms with Crippen LogP contribution in [0.15, 0.2) is 53.9 Å². The lowest BCUT2D eigenvalue weighted by Crippen LogP contribution is -2.42. The number of hydrogen-bond acceptors (Lipinski definition) is 6. The number of anilines is 1. The molecule has 0 radical (unpaired) electrons. The topological polar surface area (TPSA) is 101 Å². The van der Waals surface area contributed by atoms with Crippen molar-refractivity contribution in [3.05, 3.63) is 60.2 Å². The maximum atomic E-state index is 13.4. The summed E-state index contributed by atoms with van der Waals surface area (Å²) in [6, 6.07) is 8.45. The lowest BCUT2D eigenvalue weighted by molar-refractivity contribution is -0.126. The third-order valence-electron chi connectivity index (χ3n) is 5.41. The van der Waals surface area contributed by atoms with Crippen LogP contribution >= 0.6 is 0 Å². The number of carbonyl (C=O) groups excluding carboxylic acids is 2. The van der Waals surface area contributed by atoms with Gasteiger partial charge in [-0.1, -0.05) is 6.07 Å². The van der Waals surface area contributed by atoms with Gasteiger partial charge >= 0.3 is 0 Å². The van der Waals surface area contributed by atoms with Gasteiger partial charge in [0.25, 0.3) is 5.91 Å². The molecule has 1 aromatic heterocycles. The molecule has 2 atom stereocenters. The predicted molar refractivity (Wildman–Crippen MR) is 113 cm³/mol. The second kappa shape index (κ2) is 9.22. The Bertz CT molecular complexity index is 961. The molecule has 2 amide bonds. The molecule has 2 aromatic rings. The summed E-state index contributed by atoms with van der Waals surface area (Å²) in [5.41, 5.74) is 7.17. The van der Waals surface area contributed by atoms with Gasteiger partial charge in [0.2, 0.25) is 5.91 Å². The smallest absolute Gasteiger partial charge is 0.270 e. The minimum atomic E-state index is -0.813. The highest BCUT2D eigenvalue weighted by Gasteiger charge is 2.37. The number of hydrogen-bond donors (Lipinski definition) is 1. The van der Waals surface area contributed by atoms with Crippen molar-refractivity contribution in [1.82, 2.24) is 9.88 Å². The van der Waals surface area contributed by atoms with Crippen LogP contribution in [0.25, 0.3) is 0 Å². The highest BCUT2D eigenvalue weighted by Crippen LogP contribution is 2.26. The Hall–Kier alpha value is -3.33. The first kappa shape index (κ1) is 20.9. The molecule has 31 heavy (non-hydrogen) atoms. The quantitative estimate of drug-likeness (QED) is 0.730. The van der Waals surface area contributed by atoms with Gasteiger partial charge in [-0.2, -0.15) is 5.10 Å². The zero-order valence-electron chi connectivity index (χ0n) is 17.0. The molecule has 0 saturated carbocycles. The maximum Gasteiger partial charge on any atom is 0.270 e. The molecule has 8 nitrogen and oxygen atoms in total. The summed E-state index contributed by atoms with van der Waals surface area (Å²) >= 11 is 0. The molecule has 0 aliphatic carbocycles. The first-order valence-electron chi connectivity index (χ1n) is 10.2. The van der Waals surface area contributed by atoms with Crippen LogP contribution < -0.4 is 10.7 Å². The van der Waals surface area contributed by atoms with Crippen LogP contribution in [0.3, 0.4) is 0 Å². The number of carbonyl (C=O) groups is 2. The molecule has 1 fully saturated rings. The van der Waals surface area contributed by atoms with E-state index in [-0.39, 0.29) is 24.1 Å². The van der Waals surface area contributed by atoms with Crippen LogP contribution in [-0.2, 0) is 20.9 Å². The third-order valence-corrected chi connectivity index (χ3v) is 5.41. The summed E-state index contributed by atoms with van der Waals surface area (Å²) in [4.78, 5) is 31.3. The van der Waals surface area contributed by atoms with E-state index in [2.05, 4.69) is 10.1 Å². The average Bonchev–Trinajstić information content (AvgIpc) is 3.44. The van der Waals surface area contributed by atoms with Crippen LogP contribution in [-0.4, -0.2) is 52.7 Å². The standard InChI is InChI=1S/C22H24FN5O3/c23-16-5-7-17(8-6-16)28-20(21(24)29)11-19(26-28)22(30)27(14-18-4-2-10-31-18)13-15-3-1-9-25-12-15/h1,3,5-9,12,18,20H,2,4,10-11,13-14H2,(H2,24,29). The van der Waals surface area contributed by atoms with Crippen molar-refractivity contribution in [2.75, 3.05) is 18.2 Å². The van der Waals surface area contributed by atoms with Gasteiger partial charge in [0.15, 0.2) is 0 Å². The van der Waals surface area contributed by atoms with Crippen LogP contribution in [0.4, 0.5) is 10.1 Å². The molecule has 0 spiro atoms. The highest BCUT2D eigenvalue weighted by molar-refractivity contribution is 6.40. The number of nitrogens with zero attached hydrogens (tertiary/aromatic N) is 4. The first-order valence-corrected chi connectivity index (χ1v) is 10.2. The van der Waals surface area contributed by atoms with E-state index in [1.165, 1.54) is 29.3 Å². The largest absolute Gasteiger partial charge is 0.376 e. The Morgan fingerprint density at radius 1 is 1.26 bits per heavy atom. The number of primary amides is 1. The molecule has 2 unspecified atom stereocenters. The lowest BCUT2D eigenvalue weighted by Gasteiger charge is -2.25. The number of ether oxygens (including phenoxy) is 1. The molecule has 162 valence electrons. The van der Waals surface area contributed by atoms with E-state index in [0.717, 1.165) is 18.4 Å². The van der Waals surface area contributed by atoms with Crippen LogP contribution in [0.5, 0.6) is 0 Å². The number of amides is 2. The van der Waals surface area contributed by atoms with Crippen molar-refractivity contribution >= 4 is 23.2 Å². The normalized spacial score (nSPS) is 20.5. The summed E-state index contributed by atoms with van der Waals surface area (Å²) < 4.78 is 19.0. The molecule has 2 N–H and O–H groups in total. The molecular weight excluding hydrogens is 401 g/mol. The number of nitrogens with two attached hydrogens (primary N) is 1. The fourth-order valence-corrected chi connectivity index (χ4v) is 3.84. The van der Waals surface area contributed by atoms with Gasteiger partial charge in [0.1, 0.15) is 17.6 Å². The molecule has 2 aliphatic heterocycles. The zero-order chi connectivity index (χ0) is 21.8.